The van der Waals surface area contributed by atoms with E-state index < -0.39 is 11.7 Å². The van der Waals surface area contributed by atoms with Crippen molar-refractivity contribution >= 4 is 40.7 Å². The van der Waals surface area contributed by atoms with Crippen LogP contribution in [0, 0.1) is 0 Å². The number of hydrazine groups is 1. The first-order chi connectivity index (χ1) is 17.0. The molecule has 35 heavy (non-hydrogen) atoms. The average molecular weight is 476 g/mol. The van der Waals surface area contributed by atoms with Crippen molar-refractivity contribution in [2.24, 2.45) is 4.99 Å². The summed E-state index contributed by atoms with van der Waals surface area (Å²) >= 11 is 0. The van der Waals surface area contributed by atoms with E-state index in [0.29, 0.717) is 41.1 Å². The van der Waals surface area contributed by atoms with Crippen molar-refractivity contribution in [3.63, 3.8) is 0 Å². The molecule has 180 valence electrons. The van der Waals surface area contributed by atoms with Crippen molar-refractivity contribution in [1.82, 2.24) is 25.2 Å². The first kappa shape index (κ1) is 22.5. The number of anilines is 1. The van der Waals surface area contributed by atoms with E-state index >= 15 is 0 Å². The highest BCUT2D eigenvalue weighted by atomic mass is 16.5. The molecule has 2 aliphatic rings. The van der Waals surface area contributed by atoms with Crippen LogP contribution < -0.4 is 15.2 Å². The summed E-state index contributed by atoms with van der Waals surface area (Å²) in [4.78, 5) is 54.0. The zero-order valence-electron chi connectivity index (χ0n) is 19.4. The van der Waals surface area contributed by atoms with Crippen LogP contribution in [-0.2, 0) is 4.79 Å². The summed E-state index contributed by atoms with van der Waals surface area (Å²) in [6.07, 6.45) is 4.52. The number of aromatic amines is 1. The van der Waals surface area contributed by atoms with E-state index in [0.717, 1.165) is 0 Å². The summed E-state index contributed by atoms with van der Waals surface area (Å²) in [7, 11) is 1.49. The highest BCUT2D eigenvalue weighted by Gasteiger charge is 2.32. The Labute approximate surface area is 201 Å². The van der Waals surface area contributed by atoms with Gasteiger partial charge in [-0.3, -0.25) is 19.4 Å². The Balaban J connectivity index is 1.34. The van der Waals surface area contributed by atoms with E-state index in [4.69, 9.17) is 4.74 Å². The van der Waals surface area contributed by atoms with Gasteiger partial charge in [-0.05, 0) is 19.1 Å². The van der Waals surface area contributed by atoms with Gasteiger partial charge in [0.15, 0.2) is 5.82 Å². The maximum Gasteiger partial charge on any atom is 0.295 e. The van der Waals surface area contributed by atoms with Crippen LogP contribution in [0.3, 0.4) is 0 Å². The molecule has 2 N–H and O–H groups in total. The van der Waals surface area contributed by atoms with Gasteiger partial charge in [0.05, 0.1) is 29.8 Å². The Morgan fingerprint density at radius 1 is 1.06 bits per heavy atom. The molecule has 1 aromatic carbocycles. The fraction of sp³-hybridized carbons (Fsp3) is 0.292. The molecule has 0 radical (unpaired) electrons. The summed E-state index contributed by atoms with van der Waals surface area (Å²) in [5.41, 5.74) is 4.49. The van der Waals surface area contributed by atoms with Gasteiger partial charge in [0.2, 0.25) is 0 Å². The number of rotatable bonds is 5. The molecule has 1 saturated heterocycles. The van der Waals surface area contributed by atoms with Crippen LogP contribution in [0.25, 0.3) is 10.9 Å². The number of piperazine rings is 1. The largest absolute Gasteiger partial charge is 0.494 e. The summed E-state index contributed by atoms with van der Waals surface area (Å²) in [6, 6.07) is 9.01. The smallest absolute Gasteiger partial charge is 0.295 e. The molecule has 2 amide bonds. The number of Topliss-reactive ketones (excluding diaryl/α,β-unsaturated/α-hetero) is 1. The second-order valence-electron chi connectivity index (χ2n) is 8.32. The fourth-order valence-corrected chi connectivity index (χ4v) is 4.31. The lowest BCUT2D eigenvalue weighted by Gasteiger charge is -2.34. The second-order valence-corrected chi connectivity index (χ2v) is 8.32. The second kappa shape index (κ2) is 9.18. The number of nitrogens with zero attached hydrogens (tertiary/aromatic N) is 5. The molecule has 11 nitrogen and oxygen atoms in total. The molecule has 0 aliphatic carbocycles. The van der Waals surface area contributed by atoms with Crippen molar-refractivity contribution in [3.8, 4) is 5.75 Å². The third-order valence-electron chi connectivity index (χ3n) is 6.15. The van der Waals surface area contributed by atoms with Crippen molar-refractivity contribution in [3.05, 3.63) is 53.9 Å². The van der Waals surface area contributed by atoms with E-state index in [-0.39, 0.29) is 30.7 Å². The molecule has 0 bridgehead atoms. The normalized spacial score (nSPS) is 17.8. The summed E-state index contributed by atoms with van der Waals surface area (Å²) < 4.78 is 5.45. The summed E-state index contributed by atoms with van der Waals surface area (Å²) in [5, 5.41) is 2.13. The summed E-state index contributed by atoms with van der Waals surface area (Å²) in [5.74, 6) is -0.464. The number of carbonyl (C=O) groups excluding carboxylic acids is 3. The molecule has 3 aromatic rings. The van der Waals surface area contributed by atoms with Crippen LogP contribution in [0.15, 0.2) is 47.7 Å². The number of aromatic nitrogens is 2. The van der Waals surface area contributed by atoms with Crippen LogP contribution in [-0.4, -0.2) is 83.2 Å². The number of fused-ring (bicyclic) bond motifs is 1. The van der Waals surface area contributed by atoms with E-state index in [1.54, 1.807) is 28.4 Å². The van der Waals surface area contributed by atoms with Gasteiger partial charge in [0.1, 0.15) is 18.3 Å². The van der Waals surface area contributed by atoms with Crippen LogP contribution in [0.5, 0.6) is 5.75 Å². The Hall–Kier alpha value is -4.25. The number of ether oxygens (including phenoxy) is 1. The van der Waals surface area contributed by atoms with Crippen molar-refractivity contribution in [2.45, 2.75) is 13.1 Å². The third kappa shape index (κ3) is 4.10. The highest BCUT2D eigenvalue weighted by molar-refractivity contribution is 6.45. The lowest BCUT2D eigenvalue weighted by atomic mass is 10.1. The number of methoxy groups -OCH3 is 1. The minimum atomic E-state index is -0.647. The van der Waals surface area contributed by atoms with Crippen molar-refractivity contribution in [2.75, 3.05) is 38.3 Å². The first-order valence-corrected chi connectivity index (χ1v) is 11.3. The zero-order valence-corrected chi connectivity index (χ0v) is 19.4. The van der Waals surface area contributed by atoms with Crippen LogP contribution in [0.1, 0.15) is 27.6 Å². The molecule has 2 aliphatic heterocycles. The van der Waals surface area contributed by atoms with Gasteiger partial charge in [0, 0.05) is 37.9 Å². The number of nitrogens with one attached hydrogen (secondary N) is 2. The number of carbonyl (C=O) groups is 3. The monoisotopic (exact) mass is 475 g/mol. The molecule has 1 atom stereocenters. The molecule has 1 fully saturated rings. The zero-order chi connectivity index (χ0) is 24.5. The number of aliphatic imine (C=N–C) groups is 1. The predicted octanol–water partition coefficient (Wildman–Crippen LogP) is 1.44. The molecule has 5 rings (SSSR count). The Morgan fingerprint density at radius 2 is 1.77 bits per heavy atom. The molecule has 0 spiro atoms. The number of H-pyrrole nitrogens is 1. The number of benzene rings is 1. The van der Waals surface area contributed by atoms with E-state index in [1.807, 2.05) is 25.1 Å². The van der Waals surface area contributed by atoms with Crippen LogP contribution in [0.4, 0.5) is 5.82 Å². The topological polar surface area (TPSA) is 123 Å². The maximum atomic E-state index is 13.3. The van der Waals surface area contributed by atoms with Gasteiger partial charge in [-0.15, -0.1) is 0 Å². The average Bonchev–Trinajstić information content (AvgIpc) is 3.54. The SMILES string of the molecule is COc1cnc(N2C=NC(C)N2)c2[nH]cc(C(=O)C(=O)N3CCN(C(=O)c4ccccc4)CC3)c12. The van der Waals surface area contributed by atoms with Crippen molar-refractivity contribution in [1.29, 1.82) is 0 Å². The Bertz CT molecular complexity index is 1310. The number of ketones is 1. The predicted molar refractivity (Wildman–Crippen MR) is 129 cm³/mol. The lowest BCUT2D eigenvalue weighted by molar-refractivity contribution is -0.127. The van der Waals surface area contributed by atoms with Crippen LogP contribution in [0.2, 0.25) is 0 Å². The van der Waals surface area contributed by atoms with Gasteiger partial charge in [0.25, 0.3) is 17.6 Å². The molecule has 0 saturated carbocycles. The Kier molecular flexibility index (Phi) is 5.91. The minimum absolute atomic E-state index is 0.0844. The molecular formula is C24H25N7O4. The number of amides is 2. The van der Waals surface area contributed by atoms with E-state index in [9.17, 15) is 14.4 Å². The van der Waals surface area contributed by atoms with Gasteiger partial charge in [-0.25, -0.2) is 15.4 Å². The minimum Gasteiger partial charge on any atom is -0.494 e. The Morgan fingerprint density at radius 3 is 2.43 bits per heavy atom. The van der Waals surface area contributed by atoms with Crippen molar-refractivity contribution < 1.29 is 19.1 Å². The third-order valence-corrected chi connectivity index (χ3v) is 6.15. The number of pyridine rings is 1. The molecule has 1 unspecified atom stereocenters. The van der Waals surface area contributed by atoms with Crippen LogP contribution >= 0.6 is 0 Å². The van der Waals surface area contributed by atoms with Gasteiger partial charge in [-0.2, -0.15) is 0 Å². The fourth-order valence-electron chi connectivity index (χ4n) is 4.31. The lowest BCUT2D eigenvalue weighted by Crippen LogP contribution is -2.52. The maximum absolute atomic E-state index is 13.3. The molecule has 4 heterocycles. The number of hydrogen-bond acceptors (Lipinski definition) is 8. The highest BCUT2D eigenvalue weighted by Crippen LogP contribution is 2.34. The van der Waals surface area contributed by atoms with E-state index in [2.05, 4.69) is 20.4 Å². The quantitative estimate of drug-likeness (QED) is 0.423. The first-order valence-electron chi connectivity index (χ1n) is 11.3. The van der Waals surface area contributed by atoms with Gasteiger partial charge < -0.3 is 19.5 Å². The standard InChI is InChI=1S/C24H25N7O4/c1-15-27-14-31(28-15)22-20-19(18(35-2)13-26-22)17(12-25-20)21(32)24(34)30-10-8-29(9-11-30)23(33)16-6-4-3-5-7-16/h3-7,12-15,25,28H,8-11H2,1-2H3. The molecule has 11 heteroatoms. The molecule has 2 aromatic heterocycles. The number of hydrogen-bond donors (Lipinski definition) is 2. The van der Waals surface area contributed by atoms with Gasteiger partial charge >= 0.3 is 0 Å². The van der Waals surface area contributed by atoms with E-state index in [1.165, 1.54) is 24.4 Å². The molecular weight excluding hydrogens is 450 g/mol. The summed E-state index contributed by atoms with van der Waals surface area (Å²) in [6.45, 7) is 3.17. The van der Waals surface area contributed by atoms with Gasteiger partial charge in [-0.1, -0.05) is 18.2 Å².